The summed E-state index contributed by atoms with van der Waals surface area (Å²) in [5.41, 5.74) is -0.194. The van der Waals surface area contributed by atoms with E-state index in [-0.39, 0.29) is 6.07 Å². The second-order valence-electron chi connectivity index (χ2n) is 10.2. The first kappa shape index (κ1) is 31.5. The van der Waals surface area contributed by atoms with Crippen LogP contribution >= 0.6 is 0 Å². The zero-order valence-electron chi connectivity index (χ0n) is 23.6. The molecule has 0 radical (unpaired) electrons. The van der Waals surface area contributed by atoms with Crippen molar-refractivity contribution in [1.82, 2.24) is 0 Å². The Kier molecular flexibility index (Phi) is 10.2. The van der Waals surface area contributed by atoms with E-state index in [0.717, 1.165) is 17.9 Å². The molecule has 2 atom stereocenters. The molecule has 1 heterocycles. The van der Waals surface area contributed by atoms with E-state index in [0.29, 0.717) is 18.6 Å². The maximum absolute atomic E-state index is 11.2. The van der Waals surface area contributed by atoms with Crippen molar-refractivity contribution in [3.8, 4) is 23.0 Å². The fraction of sp³-hybridized carbons (Fsp3) is 0.357. The van der Waals surface area contributed by atoms with Gasteiger partial charge in [-0.25, -0.2) is 0 Å². The molecule has 14 nitrogen and oxygen atoms in total. The number of quaternary nitrogens is 1. The van der Waals surface area contributed by atoms with Gasteiger partial charge in [-0.3, -0.25) is 30.3 Å². The summed E-state index contributed by atoms with van der Waals surface area (Å²) >= 11 is 0. The molecule has 0 bridgehead atoms. The Morgan fingerprint density at radius 1 is 0.976 bits per heavy atom. The summed E-state index contributed by atoms with van der Waals surface area (Å²) in [5.74, 6) is -0.813. The predicted octanol–water partition coefficient (Wildman–Crippen LogP) is 3.62. The molecule has 4 rings (SSSR count). The van der Waals surface area contributed by atoms with Crippen LogP contribution in [0, 0.1) is 36.3 Å². The number of ether oxygens (including phenoxy) is 2. The number of nitrogens with one attached hydrogen (secondary N) is 1. The Morgan fingerprint density at radius 3 is 2.17 bits per heavy atom. The van der Waals surface area contributed by atoms with Gasteiger partial charge in [-0.15, -0.1) is 0 Å². The molecule has 0 aliphatic carbocycles. The Balaban J connectivity index is 0.000000250. The number of methoxy groups -OCH3 is 1. The molecule has 3 aromatic rings. The minimum Gasteiger partial charge on any atom is -0.863 e. The molecule has 42 heavy (non-hydrogen) atoms. The zero-order valence-corrected chi connectivity index (χ0v) is 23.6. The van der Waals surface area contributed by atoms with Crippen LogP contribution in [0.15, 0.2) is 48.5 Å². The Morgan fingerprint density at radius 2 is 1.62 bits per heavy atom. The number of nitrogens with zero attached hydrogens (tertiary/aromatic N) is 3. The maximum atomic E-state index is 11.2. The van der Waals surface area contributed by atoms with Crippen molar-refractivity contribution in [3.05, 3.63) is 95.6 Å². The zero-order chi connectivity index (χ0) is 31.1. The summed E-state index contributed by atoms with van der Waals surface area (Å²) in [6, 6.07) is 15.4. The van der Waals surface area contributed by atoms with Gasteiger partial charge in [0.05, 0.1) is 47.3 Å². The largest absolute Gasteiger partial charge is 0.863 e. The van der Waals surface area contributed by atoms with E-state index < -0.39 is 43.3 Å². The summed E-state index contributed by atoms with van der Waals surface area (Å²) in [4.78, 5) is 28.7. The third kappa shape index (κ3) is 7.20. The second kappa shape index (κ2) is 13.6. The summed E-state index contributed by atoms with van der Waals surface area (Å²) < 4.78 is 11.7. The highest BCUT2D eigenvalue weighted by Crippen LogP contribution is 2.46. The van der Waals surface area contributed by atoms with Gasteiger partial charge in [0.1, 0.15) is 12.6 Å². The molecular weight excluding hydrogens is 552 g/mol. The number of fused-ring (bicyclic) bond motifs is 1. The van der Waals surface area contributed by atoms with Crippen LogP contribution < -0.4 is 19.5 Å². The molecule has 0 saturated carbocycles. The van der Waals surface area contributed by atoms with E-state index in [4.69, 9.17) is 14.6 Å². The summed E-state index contributed by atoms with van der Waals surface area (Å²) in [6.07, 6.45) is 2.30. The van der Waals surface area contributed by atoms with E-state index in [1.807, 2.05) is 18.2 Å². The van der Waals surface area contributed by atoms with Crippen LogP contribution in [0.5, 0.6) is 23.0 Å². The molecule has 2 unspecified atom stereocenters. The smallest absolute Gasteiger partial charge is 0.324 e. The Hall–Kier alpha value is -4.98. The average Bonchev–Trinajstić information content (AvgIpc) is 2.93. The topological polar surface area (TPSA) is 196 Å². The van der Waals surface area contributed by atoms with Crippen molar-refractivity contribution >= 4 is 17.1 Å². The molecule has 2 N–H and O–H groups in total. The number of aromatic hydroxyl groups is 1. The van der Waals surface area contributed by atoms with Gasteiger partial charge in [0.2, 0.25) is 0 Å². The van der Waals surface area contributed by atoms with Gasteiger partial charge in [0.15, 0.2) is 11.5 Å². The fourth-order valence-electron chi connectivity index (χ4n) is 4.80. The number of benzene rings is 3. The van der Waals surface area contributed by atoms with Crippen LogP contribution in [0.2, 0.25) is 0 Å². The molecule has 14 heteroatoms. The molecule has 1 aliphatic rings. The fourth-order valence-corrected chi connectivity index (χ4v) is 4.80. The maximum Gasteiger partial charge on any atom is 0.324 e. The van der Waals surface area contributed by atoms with Crippen LogP contribution in [0.1, 0.15) is 43.0 Å². The van der Waals surface area contributed by atoms with Gasteiger partial charge in [-0.1, -0.05) is 44.2 Å². The SMILES string of the molecule is COc1cc2c(cc1OCc1ccccc1)C(CC(C)C)[NH+](C)CC2.O=[N+]([O-])c1cc([N+](=O)[O-])c(O)c([N+](=O)[O-])c1[O-]. The number of likely N-dealkylation sites (N-methyl/N-ethyl adjacent to an activating group) is 1. The van der Waals surface area contributed by atoms with Crippen LogP contribution in [-0.2, 0) is 13.0 Å². The molecule has 0 spiro atoms. The highest BCUT2D eigenvalue weighted by molar-refractivity contribution is 5.73. The number of rotatable bonds is 9. The molecule has 3 aromatic carbocycles. The first-order valence-electron chi connectivity index (χ1n) is 13.1. The first-order chi connectivity index (χ1) is 19.8. The van der Waals surface area contributed by atoms with Crippen LogP contribution in [0.4, 0.5) is 17.1 Å². The second-order valence-corrected chi connectivity index (χ2v) is 10.2. The van der Waals surface area contributed by atoms with Crippen molar-refractivity contribution in [2.45, 2.75) is 39.3 Å². The van der Waals surface area contributed by atoms with Crippen molar-refractivity contribution in [2.75, 3.05) is 20.7 Å². The van der Waals surface area contributed by atoms with E-state index >= 15 is 0 Å². The minimum absolute atomic E-state index is 0.171. The van der Waals surface area contributed by atoms with E-state index in [2.05, 4.69) is 45.2 Å². The van der Waals surface area contributed by atoms with Gasteiger partial charge in [0, 0.05) is 18.4 Å². The van der Waals surface area contributed by atoms with Crippen molar-refractivity contribution in [1.29, 1.82) is 0 Å². The lowest BCUT2D eigenvalue weighted by atomic mass is 9.87. The predicted molar refractivity (Wildman–Crippen MR) is 149 cm³/mol. The molecular formula is C28H32N4O10. The monoisotopic (exact) mass is 584 g/mol. The summed E-state index contributed by atoms with van der Waals surface area (Å²) in [5, 5.41) is 51.4. The Bertz CT molecular complexity index is 1420. The van der Waals surface area contributed by atoms with Gasteiger partial charge in [-0.05, 0) is 29.2 Å². The molecule has 0 saturated heterocycles. The highest BCUT2D eigenvalue weighted by atomic mass is 16.6. The number of hydrogen-bond acceptors (Lipinski definition) is 10. The number of nitro benzene ring substituents is 3. The van der Waals surface area contributed by atoms with Gasteiger partial charge < -0.3 is 24.6 Å². The van der Waals surface area contributed by atoms with E-state index in [9.17, 15) is 35.4 Å². The van der Waals surface area contributed by atoms with Crippen LogP contribution in [0.25, 0.3) is 0 Å². The van der Waals surface area contributed by atoms with Crippen LogP contribution in [0.3, 0.4) is 0 Å². The number of phenolic OH excluding ortho intramolecular Hbond substituents is 1. The number of phenols is 1. The number of nitro groups is 3. The molecule has 1 aliphatic heterocycles. The quantitative estimate of drug-likeness (QED) is 0.277. The normalized spacial score (nSPS) is 15.6. The third-order valence-electron chi connectivity index (χ3n) is 6.89. The Labute approximate surface area is 241 Å². The molecule has 0 aromatic heterocycles. The van der Waals surface area contributed by atoms with Gasteiger partial charge in [0.25, 0.3) is 11.4 Å². The lowest BCUT2D eigenvalue weighted by Crippen LogP contribution is -3.10. The lowest BCUT2D eigenvalue weighted by molar-refractivity contribution is -0.915. The van der Waals surface area contributed by atoms with E-state index in [1.165, 1.54) is 29.7 Å². The first-order valence-corrected chi connectivity index (χ1v) is 13.1. The molecule has 224 valence electrons. The third-order valence-corrected chi connectivity index (χ3v) is 6.89. The summed E-state index contributed by atoms with van der Waals surface area (Å²) in [7, 11) is 4.04. The van der Waals surface area contributed by atoms with Crippen molar-refractivity contribution in [3.63, 3.8) is 0 Å². The lowest BCUT2D eigenvalue weighted by Gasteiger charge is -2.33. The summed E-state index contributed by atoms with van der Waals surface area (Å²) in [6.45, 7) is 6.35. The highest BCUT2D eigenvalue weighted by Gasteiger charge is 2.33. The standard InChI is InChI=1S/C22H29NO2.C6H3N3O8/c1-16(2)12-20-19-14-22(25-15-17-8-6-5-7-9-17)21(24-4)13-18(19)10-11-23(20)3;10-5-2(7(12)13)1-3(8(14)15)6(11)4(5)9(16)17/h5-9,13-14,16,20H,10-12,15H2,1-4H3;1,10-11H. The van der Waals surface area contributed by atoms with Gasteiger partial charge in [-0.2, -0.15) is 0 Å². The molecule has 0 fully saturated rings. The number of hydrogen-bond donors (Lipinski definition) is 2. The van der Waals surface area contributed by atoms with E-state index in [1.54, 1.807) is 12.0 Å². The van der Waals surface area contributed by atoms with Crippen LogP contribution in [-0.4, -0.2) is 40.6 Å². The van der Waals surface area contributed by atoms with Crippen molar-refractivity contribution < 1.29 is 39.4 Å². The average molecular weight is 585 g/mol. The van der Waals surface area contributed by atoms with Gasteiger partial charge >= 0.3 is 11.4 Å². The molecule has 0 amide bonds. The van der Waals surface area contributed by atoms with Crippen molar-refractivity contribution in [2.24, 2.45) is 5.92 Å². The minimum atomic E-state index is -1.69.